The number of aliphatic hydroxyl groups is 1. The topological polar surface area (TPSA) is 23.5 Å². The molecule has 16 heavy (non-hydrogen) atoms. The Labute approximate surface area is 95.9 Å². The van der Waals surface area contributed by atoms with E-state index in [1.54, 1.807) is 0 Å². The Morgan fingerprint density at radius 3 is 2.62 bits per heavy atom. The van der Waals surface area contributed by atoms with Crippen LogP contribution in [0.4, 0.5) is 5.69 Å². The van der Waals surface area contributed by atoms with E-state index in [2.05, 4.69) is 29.2 Å². The van der Waals surface area contributed by atoms with Gasteiger partial charge in [0, 0.05) is 18.8 Å². The Kier molecular flexibility index (Phi) is 1.59. The molecule has 1 N–H and O–H groups in total. The number of piperidine rings is 1. The van der Waals surface area contributed by atoms with Gasteiger partial charge in [-0.1, -0.05) is 12.1 Å². The first kappa shape index (κ1) is 9.06. The summed E-state index contributed by atoms with van der Waals surface area (Å²) in [7, 11) is 0. The van der Waals surface area contributed by atoms with E-state index in [9.17, 15) is 5.11 Å². The highest BCUT2D eigenvalue weighted by atomic mass is 16.3. The minimum atomic E-state index is -0.487. The molecule has 2 aliphatic carbocycles. The summed E-state index contributed by atoms with van der Waals surface area (Å²) in [5, 5.41) is 10.1. The van der Waals surface area contributed by atoms with Gasteiger partial charge in [-0.3, -0.25) is 0 Å². The summed E-state index contributed by atoms with van der Waals surface area (Å²) in [4.78, 5) is 2.48. The number of hydrogen-bond acceptors (Lipinski definition) is 2. The maximum absolute atomic E-state index is 10.1. The molecule has 2 saturated carbocycles. The van der Waals surface area contributed by atoms with Gasteiger partial charge in [0.05, 0.1) is 5.60 Å². The van der Waals surface area contributed by atoms with Gasteiger partial charge in [-0.05, 0) is 48.8 Å². The molecule has 1 saturated heterocycles. The van der Waals surface area contributed by atoms with E-state index in [0.717, 1.165) is 30.2 Å². The summed E-state index contributed by atoms with van der Waals surface area (Å²) >= 11 is 0. The molecular weight excluding hydrogens is 198 g/mol. The van der Waals surface area contributed by atoms with Crippen LogP contribution in [0.25, 0.3) is 0 Å². The van der Waals surface area contributed by atoms with Gasteiger partial charge in [-0.15, -0.1) is 0 Å². The predicted octanol–water partition coefficient (Wildman–Crippen LogP) is 2.12. The summed E-state index contributed by atoms with van der Waals surface area (Å²) in [6.45, 7) is 2.46. The van der Waals surface area contributed by atoms with E-state index in [1.165, 1.54) is 25.2 Å². The average Bonchev–Trinajstić information content (AvgIpc) is 3.21. The van der Waals surface area contributed by atoms with Crippen LogP contribution < -0.4 is 4.90 Å². The predicted molar refractivity (Wildman–Crippen MR) is 63.4 cm³/mol. The van der Waals surface area contributed by atoms with E-state index < -0.39 is 5.60 Å². The third kappa shape index (κ3) is 1.29. The molecule has 1 aromatic carbocycles. The van der Waals surface area contributed by atoms with Gasteiger partial charge < -0.3 is 10.0 Å². The summed E-state index contributed by atoms with van der Waals surface area (Å²) in [6, 6.07) is 8.52. The molecular formula is C14H17NO. The monoisotopic (exact) mass is 215 g/mol. The normalized spacial score (nSPS) is 33.7. The molecule has 84 valence electrons. The van der Waals surface area contributed by atoms with Crippen molar-refractivity contribution < 1.29 is 5.11 Å². The highest BCUT2D eigenvalue weighted by Crippen LogP contribution is 2.48. The van der Waals surface area contributed by atoms with Gasteiger partial charge in [0.25, 0.3) is 0 Å². The smallest absolute Gasteiger partial charge is 0.0899 e. The van der Waals surface area contributed by atoms with Crippen molar-refractivity contribution in [2.24, 2.45) is 11.8 Å². The summed E-state index contributed by atoms with van der Waals surface area (Å²) in [5.74, 6) is 1.93. The zero-order valence-corrected chi connectivity index (χ0v) is 9.39. The molecule has 0 aromatic heterocycles. The van der Waals surface area contributed by atoms with E-state index in [1.807, 2.05) is 0 Å². The standard InChI is InChI=1S/C14H17NO/c16-14(4-5-14)12-2-1-3-13(7-12)15-8-10-6-11(10)9-15/h1-3,7,10-11,16H,4-6,8-9H2. The maximum Gasteiger partial charge on any atom is 0.0899 e. The van der Waals surface area contributed by atoms with Crippen LogP contribution in [0, 0.1) is 11.8 Å². The average molecular weight is 215 g/mol. The largest absolute Gasteiger partial charge is 0.385 e. The Morgan fingerprint density at radius 1 is 1.19 bits per heavy atom. The number of benzene rings is 1. The van der Waals surface area contributed by atoms with Crippen LogP contribution in [-0.4, -0.2) is 18.2 Å². The van der Waals surface area contributed by atoms with Crippen LogP contribution in [0.3, 0.4) is 0 Å². The van der Waals surface area contributed by atoms with Crippen molar-refractivity contribution in [3.05, 3.63) is 29.8 Å². The second-order valence-corrected chi connectivity index (χ2v) is 5.74. The van der Waals surface area contributed by atoms with Crippen molar-refractivity contribution in [3.63, 3.8) is 0 Å². The first-order chi connectivity index (χ1) is 7.74. The van der Waals surface area contributed by atoms with Crippen LogP contribution in [0.2, 0.25) is 0 Å². The number of anilines is 1. The molecule has 2 unspecified atom stereocenters. The molecule has 2 nitrogen and oxygen atoms in total. The molecule has 3 aliphatic rings. The third-order valence-corrected chi connectivity index (χ3v) is 4.45. The number of hydrogen-bond donors (Lipinski definition) is 1. The Balaban J connectivity index is 1.63. The van der Waals surface area contributed by atoms with Gasteiger partial charge >= 0.3 is 0 Å². The third-order valence-electron chi connectivity index (χ3n) is 4.45. The van der Waals surface area contributed by atoms with E-state index in [0.29, 0.717) is 0 Å². The lowest BCUT2D eigenvalue weighted by molar-refractivity contribution is 0.151. The van der Waals surface area contributed by atoms with E-state index >= 15 is 0 Å². The van der Waals surface area contributed by atoms with Crippen LogP contribution in [0.1, 0.15) is 24.8 Å². The van der Waals surface area contributed by atoms with Crippen LogP contribution >= 0.6 is 0 Å². The minimum Gasteiger partial charge on any atom is -0.385 e. The van der Waals surface area contributed by atoms with Gasteiger partial charge in [0.2, 0.25) is 0 Å². The van der Waals surface area contributed by atoms with Crippen molar-refractivity contribution in [1.29, 1.82) is 0 Å². The molecule has 0 spiro atoms. The summed E-state index contributed by atoms with van der Waals surface area (Å²) < 4.78 is 0. The lowest BCUT2D eigenvalue weighted by Crippen LogP contribution is -2.22. The van der Waals surface area contributed by atoms with Crippen molar-refractivity contribution in [3.8, 4) is 0 Å². The molecule has 1 aliphatic heterocycles. The fraction of sp³-hybridized carbons (Fsp3) is 0.571. The second-order valence-electron chi connectivity index (χ2n) is 5.74. The Bertz CT molecular complexity index is 428. The van der Waals surface area contributed by atoms with Crippen molar-refractivity contribution in [1.82, 2.24) is 0 Å². The quantitative estimate of drug-likeness (QED) is 0.817. The first-order valence-corrected chi connectivity index (χ1v) is 6.32. The second kappa shape index (κ2) is 2.80. The molecule has 2 heteroatoms. The lowest BCUT2D eigenvalue weighted by Gasteiger charge is -2.21. The fourth-order valence-corrected chi connectivity index (χ4v) is 3.01. The molecule has 4 rings (SSSR count). The van der Waals surface area contributed by atoms with Crippen molar-refractivity contribution in [2.75, 3.05) is 18.0 Å². The summed E-state index contributed by atoms with van der Waals surface area (Å²) in [5.41, 5.74) is 1.94. The van der Waals surface area contributed by atoms with Gasteiger partial charge in [0.15, 0.2) is 0 Å². The Morgan fingerprint density at radius 2 is 1.94 bits per heavy atom. The van der Waals surface area contributed by atoms with Crippen molar-refractivity contribution >= 4 is 5.69 Å². The van der Waals surface area contributed by atoms with E-state index in [-0.39, 0.29) is 0 Å². The van der Waals surface area contributed by atoms with Crippen LogP contribution in [0.15, 0.2) is 24.3 Å². The Hall–Kier alpha value is -1.02. The van der Waals surface area contributed by atoms with Crippen molar-refractivity contribution in [2.45, 2.75) is 24.9 Å². The molecule has 1 heterocycles. The highest BCUT2D eigenvalue weighted by molar-refractivity contribution is 5.52. The van der Waals surface area contributed by atoms with E-state index in [4.69, 9.17) is 0 Å². The molecule has 3 fully saturated rings. The minimum absolute atomic E-state index is 0.487. The van der Waals surface area contributed by atoms with Gasteiger partial charge in [-0.25, -0.2) is 0 Å². The lowest BCUT2D eigenvalue weighted by atomic mass is 10.1. The van der Waals surface area contributed by atoms with Gasteiger partial charge in [-0.2, -0.15) is 0 Å². The number of fused-ring (bicyclic) bond motifs is 1. The first-order valence-electron chi connectivity index (χ1n) is 6.32. The molecule has 2 atom stereocenters. The van der Waals surface area contributed by atoms with Crippen LogP contribution in [-0.2, 0) is 5.60 Å². The molecule has 0 radical (unpaired) electrons. The van der Waals surface area contributed by atoms with Gasteiger partial charge in [0.1, 0.15) is 0 Å². The molecule has 0 amide bonds. The maximum atomic E-state index is 10.1. The SMILES string of the molecule is OC1(c2cccc(N3CC4CC4C3)c2)CC1. The highest BCUT2D eigenvalue weighted by Gasteiger charge is 2.46. The zero-order chi connectivity index (χ0) is 10.8. The molecule has 0 bridgehead atoms. The molecule has 1 aromatic rings. The van der Waals surface area contributed by atoms with Crippen LogP contribution in [0.5, 0.6) is 0 Å². The zero-order valence-electron chi connectivity index (χ0n) is 9.39. The number of rotatable bonds is 2. The summed E-state index contributed by atoms with van der Waals surface area (Å²) in [6.07, 6.45) is 3.31. The fourth-order valence-electron chi connectivity index (χ4n) is 3.01. The number of nitrogens with zero attached hydrogens (tertiary/aromatic N) is 1.